The van der Waals surface area contributed by atoms with Crippen LogP contribution in [0.2, 0.25) is 5.02 Å². The number of halogens is 2. The van der Waals surface area contributed by atoms with Gasteiger partial charge in [-0.3, -0.25) is 4.98 Å². The van der Waals surface area contributed by atoms with E-state index in [9.17, 15) is 0 Å². The van der Waals surface area contributed by atoms with Crippen molar-refractivity contribution in [2.45, 2.75) is 27.2 Å². The van der Waals surface area contributed by atoms with Crippen LogP contribution in [0, 0.1) is 13.8 Å². The lowest BCUT2D eigenvalue weighted by Crippen LogP contribution is -1.96. The number of pyridine rings is 1. The van der Waals surface area contributed by atoms with Crippen molar-refractivity contribution in [2.24, 2.45) is 0 Å². The van der Waals surface area contributed by atoms with Gasteiger partial charge in [0.25, 0.3) is 0 Å². The number of hydrogen-bond acceptors (Lipinski definition) is 1. The molecular weight excluding hydrogens is 286 g/mol. The number of aryl methyl sites for hydroxylation is 2. The Balaban J connectivity index is 2.93. The minimum atomic E-state index is 0.822. The molecule has 0 aliphatic rings. The number of aromatic nitrogens is 1. The molecule has 0 fully saturated rings. The van der Waals surface area contributed by atoms with Crippen molar-refractivity contribution in [1.82, 2.24) is 4.98 Å². The van der Waals surface area contributed by atoms with Crippen LogP contribution >= 0.6 is 27.5 Å². The van der Waals surface area contributed by atoms with Crippen molar-refractivity contribution >= 4 is 38.4 Å². The monoisotopic (exact) mass is 297 g/mol. The Hall–Kier alpha value is -0.600. The maximum Gasteiger partial charge on any atom is 0.0865 e. The third-order valence-corrected chi connectivity index (χ3v) is 4.38. The van der Waals surface area contributed by atoms with Gasteiger partial charge in [0.1, 0.15) is 0 Å². The minimum absolute atomic E-state index is 0.822. The quantitative estimate of drug-likeness (QED) is 0.735. The molecule has 16 heavy (non-hydrogen) atoms. The predicted molar refractivity (Wildman–Crippen MR) is 73.3 cm³/mol. The van der Waals surface area contributed by atoms with E-state index in [4.69, 9.17) is 11.6 Å². The largest absolute Gasteiger partial charge is 0.251 e. The fourth-order valence-corrected chi connectivity index (χ4v) is 2.54. The Kier molecular flexibility index (Phi) is 3.22. The zero-order valence-corrected chi connectivity index (χ0v) is 11.9. The molecule has 0 aliphatic carbocycles. The van der Waals surface area contributed by atoms with E-state index in [-0.39, 0.29) is 0 Å². The second-order valence-corrected chi connectivity index (χ2v) is 5.11. The van der Waals surface area contributed by atoms with Gasteiger partial charge < -0.3 is 0 Å². The lowest BCUT2D eigenvalue weighted by atomic mass is 10.1. The fourth-order valence-electron chi connectivity index (χ4n) is 1.84. The van der Waals surface area contributed by atoms with Gasteiger partial charge in [0, 0.05) is 15.6 Å². The Morgan fingerprint density at radius 2 is 2.00 bits per heavy atom. The maximum absolute atomic E-state index is 6.37. The van der Waals surface area contributed by atoms with Crippen LogP contribution in [-0.2, 0) is 6.42 Å². The highest BCUT2D eigenvalue weighted by Gasteiger charge is 2.11. The summed E-state index contributed by atoms with van der Waals surface area (Å²) in [5.41, 5.74) is 4.31. The number of rotatable bonds is 1. The molecule has 2 aromatic rings. The Morgan fingerprint density at radius 3 is 2.62 bits per heavy atom. The Bertz CT molecular complexity index is 564. The van der Waals surface area contributed by atoms with Crippen LogP contribution in [0.25, 0.3) is 10.9 Å². The van der Waals surface area contributed by atoms with Gasteiger partial charge in [0.05, 0.1) is 10.5 Å². The first kappa shape index (κ1) is 11.9. The van der Waals surface area contributed by atoms with Gasteiger partial charge in [0.2, 0.25) is 0 Å². The van der Waals surface area contributed by atoms with Crippen molar-refractivity contribution in [1.29, 1.82) is 0 Å². The summed E-state index contributed by atoms with van der Waals surface area (Å²) in [4.78, 5) is 4.68. The summed E-state index contributed by atoms with van der Waals surface area (Å²) in [6.45, 7) is 6.19. The van der Waals surface area contributed by atoms with E-state index in [1.54, 1.807) is 0 Å². The SMILES string of the molecule is CCc1nc2c(Br)c(C)ccc2c(Cl)c1C. The summed E-state index contributed by atoms with van der Waals surface area (Å²) in [5.74, 6) is 0. The van der Waals surface area contributed by atoms with Gasteiger partial charge in [-0.1, -0.05) is 30.7 Å². The third-order valence-electron chi connectivity index (χ3n) is 2.89. The number of hydrogen-bond donors (Lipinski definition) is 0. The van der Waals surface area contributed by atoms with Crippen LogP contribution < -0.4 is 0 Å². The first-order valence-corrected chi connectivity index (χ1v) is 6.47. The van der Waals surface area contributed by atoms with Gasteiger partial charge in [0.15, 0.2) is 0 Å². The zero-order chi connectivity index (χ0) is 11.9. The molecule has 1 heterocycles. The fraction of sp³-hybridized carbons (Fsp3) is 0.308. The molecule has 3 heteroatoms. The van der Waals surface area contributed by atoms with E-state index in [2.05, 4.69) is 40.8 Å². The number of fused-ring (bicyclic) bond motifs is 1. The first-order valence-electron chi connectivity index (χ1n) is 5.30. The molecule has 0 saturated heterocycles. The van der Waals surface area contributed by atoms with Gasteiger partial charge in [-0.25, -0.2) is 0 Å². The molecule has 2 rings (SSSR count). The zero-order valence-electron chi connectivity index (χ0n) is 9.56. The standard InChI is InChI=1S/C13H13BrClN/c1-4-10-8(3)12(15)9-6-5-7(2)11(14)13(9)16-10/h5-6H,4H2,1-3H3. The molecule has 0 spiro atoms. The van der Waals surface area contributed by atoms with Crippen LogP contribution in [-0.4, -0.2) is 4.98 Å². The van der Waals surface area contributed by atoms with Crippen LogP contribution in [0.1, 0.15) is 23.7 Å². The van der Waals surface area contributed by atoms with Crippen molar-refractivity contribution in [3.8, 4) is 0 Å². The van der Waals surface area contributed by atoms with Crippen molar-refractivity contribution in [3.05, 3.63) is 38.4 Å². The molecular formula is C13H13BrClN. The summed E-state index contributed by atoms with van der Waals surface area (Å²) < 4.78 is 1.04. The van der Waals surface area contributed by atoms with Gasteiger partial charge in [-0.05, 0) is 47.3 Å². The highest BCUT2D eigenvalue weighted by atomic mass is 79.9. The van der Waals surface area contributed by atoms with E-state index in [0.717, 1.165) is 38.1 Å². The topological polar surface area (TPSA) is 12.9 Å². The average molecular weight is 299 g/mol. The van der Waals surface area contributed by atoms with Crippen molar-refractivity contribution in [2.75, 3.05) is 0 Å². The molecule has 1 aromatic heterocycles. The molecule has 0 bridgehead atoms. The van der Waals surface area contributed by atoms with Gasteiger partial charge in [-0.2, -0.15) is 0 Å². The molecule has 0 N–H and O–H groups in total. The van der Waals surface area contributed by atoms with E-state index < -0.39 is 0 Å². The lowest BCUT2D eigenvalue weighted by molar-refractivity contribution is 1.03. The highest BCUT2D eigenvalue weighted by Crippen LogP contribution is 2.33. The molecule has 1 nitrogen and oxygen atoms in total. The van der Waals surface area contributed by atoms with E-state index in [1.807, 2.05) is 13.0 Å². The van der Waals surface area contributed by atoms with Crippen LogP contribution in [0.15, 0.2) is 16.6 Å². The summed E-state index contributed by atoms with van der Waals surface area (Å²) in [6, 6.07) is 4.10. The van der Waals surface area contributed by atoms with Crippen LogP contribution in [0.4, 0.5) is 0 Å². The third kappa shape index (κ3) is 1.74. The molecule has 0 atom stereocenters. The Morgan fingerprint density at radius 1 is 1.31 bits per heavy atom. The van der Waals surface area contributed by atoms with Crippen LogP contribution in [0.3, 0.4) is 0 Å². The molecule has 0 saturated carbocycles. The number of nitrogens with zero attached hydrogens (tertiary/aromatic N) is 1. The highest BCUT2D eigenvalue weighted by molar-refractivity contribution is 9.10. The summed E-state index contributed by atoms with van der Waals surface area (Å²) in [6.07, 6.45) is 0.905. The summed E-state index contributed by atoms with van der Waals surface area (Å²) in [7, 11) is 0. The Labute approximate surface area is 109 Å². The molecule has 84 valence electrons. The number of benzene rings is 1. The predicted octanol–water partition coefficient (Wildman–Crippen LogP) is 4.83. The molecule has 0 radical (unpaired) electrons. The molecule has 1 aromatic carbocycles. The molecule has 0 aliphatic heterocycles. The summed E-state index contributed by atoms with van der Waals surface area (Å²) in [5, 5.41) is 1.84. The normalized spacial score (nSPS) is 11.1. The van der Waals surface area contributed by atoms with Crippen LogP contribution in [0.5, 0.6) is 0 Å². The molecule has 0 amide bonds. The summed E-state index contributed by atoms with van der Waals surface area (Å²) >= 11 is 9.96. The second kappa shape index (κ2) is 4.34. The van der Waals surface area contributed by atoms with E-state index >= 15 is 0 Å². The van der Waals surface area contributed by atoms with Gasteiger partial charge >= 0.3 is 0 Å². The second-order valence-electron chi connectivity index (χ2n) is 3.94. The average Bonchev–Trinajstić information content (AvgIpc) is 2.28. The van der Waals surface area contributed by atoms with Gasteiger partial charge in [-0.15, -0.1) is 0 Å². The molecule has 0 unspecified atom stereocenters. The van der Waals surface area contributed by atoms with E-state index in [0.29, 0.717) is 0 Å². The van der Waals surface area contributed by atoms with Crippen molar-refractivity contribution < 1.29 is 0 Å². The maximum atomic E-state index is 6.37. The van der Waals surface area contributed by atoms with E-state index in [1.165, 1.54) is 5.56 Å². The lowest BCUT2D eigenvalue weighted by Gasteiger charge is -2.11. The van der Waals surface area contributed by atoms with Crippen molar-refractivity contribution in [3.63, 3.8) is 0 Å². The first-order chi connectivity index (χ1) is 7.56. The minimum Gasteiger partial charge on any atom is -0.251 e. The smallest absolute Gasteiger partial charge is 0.0865 e.